The van der Waals surface area contributed by atoms with E-state index >= 15 is 0 Å². The Kier molecular flexibility index (Phi) is 3.88. The van der Waals surface area contributed by atoms with Crippen LogP contribution in [0.25, 0.3) is 22.4 Å². The minimum Gasteiger partial charge on any atom is -0.497 e. The summed E-state index contributed by atoms with van der Waals surface area (Å²) in [5.74, 6) is 1.57. The molecule has 0 aliphatic heterocycles. The van der Waals surface area contributed by atoms with Crippen LogP contribution >= 0.6 is 11.3 Å². The fourth-order valence-corrected chi connectivity index (χ4v) is 2.95. The highest BCUT2D eigenvalue weighted by atomic mass is 32.1. The van der Waals surface area contributed by atoms with Gasteiger partial charge in [0, 0.05) is 11.6 Å². The highest BCUT2D eigenvalue weighted by Crippen LogP contribution is 2.28. The standard InChI is InChI=1S/C17H15NO2S/c1-19-13-9-7-12(15(11-13)20-2)8-10-17-18-14-5-3-4-6-16(14)21-17/h3-11H,1-2H3. The van der Waals surface area contributed by atoms with E-state index in [1.165, 1.54) is 4.70 Å². The average Bonchev–Trinajstić information content (AvgIpc) is 2.95. The van der Waals surface area contributed by atoms with Crippen molar-refractivity contribution < 1.29 is 9.47 Å². The summed E-state index contributed by atoms with van der Waals surface area (Å²) in [6.45, 7) is 0. The van der Waals surface area contributed by atoms with Crippen LogP contribution in [0, 0.1) is 0 Å². The Morgan fingerprint density at radius 1 is 1.00 bits per heavy atom. The van der Waals surface area contributed by atoms with E-state index in [9.17, 15) is 0 Å². The van der Waals surface area contributed by atoms with Gasteiger partial charge in [0.25, 0.3) is 0 Å². The third kappa shape index (κ3) is 2.90. The first-order valence-corrected chi connectivity index (χ1v) is 7.37. The number of hydrogen-bond donors (Lipinski definition) is 0. The molecule has 0 saturated heterocycles. The summed E-state index contributed by atoms with van der Waals surface area (Å²) in [6, 6.07) is 13.9. The van der Waals surface area contributed by atoms with Crippen LogP contribution in [0.3, 0.4) is 0 Å². The maximum absolute atomic E-state index is 5.39. The first-order valence-electron chi connectivity index (χ1n) is 6.56. The van der Waals surface area contributed by atoms with Crippen molar-refractivity contribution in [2.75, 3.05) is 14.2 Å². The molecule has 0 fully saturated rings. The lowest BCUT2D eigenvalue weighted by Gasteiger charge is -2.06. The predicted octanol–water partition coefficient (Wildman–Crippen LogP) is 4.48. The monoisotopic (exact) mass is 297 g/mol. The number of benzene rings is 2. The molecule has 0 amide bonds. The zero-order valence-electron chi connectivity index (χ0n) is 11.9. The third-order valence-electron chi connectivity index (χ3n) is 3.16. The number of methoxy groups -OCH3 is 2. The van der Waals surface area contributed by atoms with Crippen molar-refractivity contribution in [2.45, 2.75) is 0 Å². The van der Waals surface area contributed by atoms with Crippen LogP contribution < -0.4 is 9.47 Å². The van der Waals surface area contributed by atoms with Crippen LogP contribution in [0.15, 0.2) is 42.5 Å². The van der Waals surface area contributed by atoms with E-state index in [1.54, 1.807) is 25.6 Å². The summed E-state index contributed by atoms with van der Waals surface area (Å²) in [5.41, 5.74) is 2.03. The van der Waals surface area contributed by atoms with E-state index in [0.29, 0.717) is 0 Å². The molecule has 0 radical (unpaired) electrons. The number of ether oxygens (including phenoxy) is 2. The lowest BCUT2D eigenvalue weighted by Crippen LogP contribution is -1.89. The van der Waals surface area contributed by atoms with E-state index in [-0.39, 0.29) is 0 Å². The van der Waals surface area contributed by atoms with Crippen LogP contribution in [0.4, 0.5) is 0 Å². The first-order chi connectivity index (χ1) is 10.3. The number of para-hydroxylation sites is 1. The van der Waals surface area contributed by atoms with Gasteiger partial charge in [0.1, 0.15) is 16.5 Å². The van der Waals surface area contributed by atoms with Gasteiger partial charge in [0.05, 0.1) is 24.4 Å². The number of aromatic nitrogens is 1. The van der Waals surface area contributed by atoms with Crippen molar-refractivity contribution in [1.29, 1.82) is 0 Å². The molecule has 1 aromatic heterocycles. The minimum absolute atomic E-state index is 0.781. The summed E-state index contributed by atoms with van der Waals surface area (Å²) in [7, 11) is 3.30. The van der Waals surface area contributed by atoms with E-state index in [2.05, 4.69) is 11.1 Å². The van der Waals surface area contributed by atoms with E-state index in [1.807, 2.05) is 48.6 Å². The fourth-order valence-electron chi connectivity index (χ4n) is 2.08. The van der Waals surface area contributed by atoms with Crippen molar-refractivity contribution in [3.63, 3.8) is 0 Å². The maximum Gasteiger partial charge on any atom is 0.129 e. The second-order valence-corrected chi connectivity index (χ2v) is 5.52. The summed E-state index contributed by atoms with van der Waals surface area (Å²) in [5, 5.41) is 0.981. The predicted molar refractivity (Wildman–Crippen MR) is 88.1 cm³/mol. The smallest absolute Gasteiger partial charge is 0.129 e. The Hall–Kier alpha value is -2.33. The summed E-state index contributed by atoms with van der Waals surface area (Å²) >= 11 is 1.67. The van der Waals surface area contributed by atoms with Gasteiger partial charge in [0.15, 0.2) is 0 Å². The fraction of sp³-hybridized carbons (Fsp3) is 0.118. The van der Waals surface area contributed by atoms with Gasteiger partial charge in [-0.3, -0.25) is 0 Å². The molecule has 2 aromatic carbocycles. The van der Waals surface area contributed by atoms with Gasteiger partial charge in [-0.2, -0.15) is 0 Å². The van der Waals surface area contributed by atoms with E-state index in [4.69, 9.17) is 9.47 Å². The molecule has 21 heavy (non-hydrogen) atoms. The molecular weight excluding hydrogens is 282 g/mol. The molecule has 4 heteroatoms. The maximum atomic E-state index is 5.39. The van der Waals surface area contributed by atoms with E-state index in [0.717, 1.165) is 27.6 Å². The van der Waals surface area contributed by atoms with Crippen LogP contribution in [-0.2, 0) is 0 Å². The molecule has 3 nitrogen and oxygen atoms in total. The van der Waals surface area contributed by atoms with Gasteiger partial charge in [0.2, 0.25) is 0 Å². The summed E-state index contributed by atoms with van der Waals surface area (Å²) in [6.07, 6.45) is 4.02. The molecule has 106 valence electrons. The normalized spacial score (nSPS) is 11.1. The van der Waals surface area contributed by atoms with Crippen LogP contribution in [-0.4, -0.2) is 19.2 Å². The number of fused-ring (bicyclic) bond motifs is 1. The topological polar surface area (TPSA) is 31.4 Å². The van der Waals surface area contributed by atoms with E-state index < -0.39 is 0 Å². The number of nitrogens with zero attached hydrogens (tertiary/aromatic N) is 1. The van der Waals surface area contributed by atoms with Gasteiger partial charge in [-0.15, -0.1) is 11.3 Å². The number of rotatable bonds is 4. The summed E-state index contributed by atoms with van der Waals surface area (Å²) in [4.78, 5) is 4.58. The molecule has 0 aliphatic rings. The molecule has 3 rings (SSSR count). The van der Waals surface area contributed by atoms with Crippen LogP contribution in [0.1, 0.15) is 10.6 Å². The lowest BCUT2D eigenvalue weighted by atomic mass is 10.2. The first kappa shape index (κ1) is 13.6. The Labute approximate surface area is 127 Å². The quantitative estimate of drug-likeness (QED) is 0.711. The zero-order valence-corrected chi connectivity index (χ0v) is 12.7. The number of hydrogen-bond acceptors (Lipinski definition) is 4. The lowest BCUT2D eigenvalue weighted by molar-refractivity contribution is 0.394. The molecule has 0 unspecified atom stereocenters. The van der Waals surface area contributed by atoms with Gasteiger partial charge >= 0.3 is 0 Å². The Balaban J connectivity index is 1.91. The summed E-state index contributed by atoms with van der Waals surface area (Å²) < 4.78 is 11.8. The second kappa shape index (κ2) is 5.97. The SMILES string of the molecule is COc1ccc(C=Cc2nc3ccccc3s2)c(OC)c1. The van der Waals surface area contributed by atoms with Crippen molar-refractivity contribution in [3.05, 3.63) is 53.0 Å². The molecule has 3 aromatic rings. The van der Waals surface area contributed by atoms with Crippen LogP contribution in [0.5, 0.6) is 11.5 Å². The molecule has 0 N–H and O–H groups in total. The third-order valence-corrected chi connectivity index (χ3v) is 4.16. The second-order valence-electron chi connectivity index (χ2n) is 4.46. The molecule has 0 saturated carbocycles. The van der Waals surface area contributed by atoms with Crippen molar-refractivity contribution in [1.82, 2.24) is 4.98 Å². The highest BCUT2D eigenvalue weighted by molar-refractivity contribution is 7.19. The molecule has 0 bridgehead atoms. The molecule has 0 spiro atoms. The van der Waals surface area contributed by atoms with Gasteiger partial charge in [-0.1, -0.05) is 12.1 Å². The Morgan fingerprint density at radius 3 is 2.62 bits per heavy atom. The molecule has 0 atom stereocenters. The largest absolute Gasteiger partial charge is 0.497 e. The van der Waals surface area contributed by atoms with Gasteiger partial charge in [-0.25, -0.2) is 4.98 Å². The highest BCUT2D eigenvalue weighted by Gasteiger charge is 2.03. The molecule has 1 heterocycles. The molecule has 0 aliphatic carbocycles. The zero-order chi connectivity index (χ0) is 14.7. The number of thiazole rings is 1. The van der Waals surface area contributed by atoms with Crippen molar-refractivity contribution >= 4 is 33.7 Å². The van der Waals surface area contributed by atoms with Gasteiger partial charge in [-0.05, 0) is 36.4 Å². The van der Waals surface area contributed by atoms with Crippen molar-refractivity contribution in [3.8, 4) is 11.5 Å². The van der Waals surface area contributed by atoms with Gasteiger partial charge < -0.3 is 9.47 Å². The van der Waals surface area contributed by atoms with Crippen LogP contribution in [0.2, 0.25) is 0 Å². The Bertz CT molecular complexity index is 759. The van der Waals surface area contributed by atoms with Crippen molar-refractivity contribution in [2.24, 2.45) is 0 Å². The minimum atomic E-state index is 0.781. The molecular formula is C17H15NO2S. The Morgan fingerprint density at radius 2 is 1.86 bits per heavy atom. The average molecular weight is 297 g/mol.